The minimum atomic E-state index is -0.790. The van der Waals surface area contributed by atoms with Crippen molar-refractivity contribution < 1.29 is 9.59 Å². The fraction of sp³-hybridized carbons (Fsp3) is 0.800. The van der Waals surface area contributed by atoms with Gasteiger partial charge in [-0.25, -0.2) is 0 Å². The van der Waals surface area contributed by atoms with Gasteiger partial charge in [-0.15, -0.1) is 0 Å². The van der Waals surface area contributed by atoms with Crippen LogP contribution in [0, 0.1) is 0 Å². The fourth-order valence-corrected chi connectivity index (χ4v) is 1.66. The van der Waals surface area contributed by atoms with E-state index >= 15 is 0 Å². The molecule has 0 aliphatic carbocycles. The average molecular weight is 213 g/mol. The summed E-state index contributed by atoms with van der Waals surface area (Å²) in [6.07, 6.45) is 0.590. The summed E-state index contributed by atoms with van der Waals surface area (Å²) in [5.41, 5.74) is 4.90. The van der Waals surface area contributed by atoms with Crippen molar-refractivity contribution in [2.24, 2.45) is 5.73 Å². The van der Waals surface area contributed by atoms with Crippen LogP contribution in [0.5, 0.6) is 0 Å². The Kier molecular flexibility index (Phi) is 3.34. The third-order valence-electron chi connectivity index (χ3n) is 2.87. The molecule has 1 rings (SSSR count). The predicted octanol–water partition coefficient (Wildman–Crippen LogP) is -0.539. The van der Waals surface area contributed by atoms with Gasteiger partial charge in [0.15, 0.2) is 0 Å². The van der Waals surface area contributed by atoms with E-state index in [1.807, 2.05) is 6.92 Å². The highest BCUT2D eigenvalue weighted by Gasteiger charge is 2.41. The topological polar surface area (TPSA) is 75.4 Å². The van der Waals surface area contributed by atoms with Crippen molar-refractivity contribution in [3.05, 3.63) is 0 Å². The first-order chi connectivity index (χ1) is 6.91. The second-order valence-electron chi connectivity index (χ2n) is 4.32. The summed E-state index contributed by atoms with van der Waals surface area (Å²) >= 11 is 0. The zero-order valence-corrected chi connectivity index (χ0v) is 9.54. The van der Waals surface area contributed by atoms with Gasteiger partial charge in [0.2, 0.25) is 11.8 Å². The second-order valence-corrected chi connectivity index (χ2v) is 4.32. The first-order valence-corrected chi connectivity index (χ1v) is 5.26. The minimum Gasteiger partial charge on any atom is -0.352 e. The molecule has 1 fully saturated rings. The van der Waals surface area contributed by atoms with Crippen molar-refractivity contribution >= 4 is 11.8 Å². The summed E-state index contributed by atoms with van der Waals surface area (Å²) in [6.45, 7) is 6.37. The van der Waals surface area contributed by atoms with Gasteiger partial charge in [0.05, 0.1) is 6.04 Å². The molecule has 0 saturated carbocycles. The van der Waals surface area contributed by atoms with Crippen LogP contribution >= 0.6 is 0 Å². The van der Waals surface area contributed by atoms with E-state index in [4.69, 9.17) is 5.73 Å². The van der Waals surface area contributed by atoms with Gasteiger partial charge in [0.1, 0.15) is 5.54 Å². The second kappa shape index (κ2) is 4.18. The summed E-state index contributed by atoms with van der Waals surface area (Å²) in [4.78, 5) is 25.1. The first-order valence-electron chi connectivity index (χ1n) is 5.26. The molecule has 86 valence electrons. The maximum absolute atomic E-state index is 11.9. The quantitative estimate of drug-likeness (QED) is 0.647. The number of amides is 2. The van der Waals surface area contributed by atoms with Crippen LogP contribution < -0.4 is 11.1 Å². The van der Waals surface area contributed by atoms with Crippen LogP contribution in [0.2, 0.25) is 0 Å². The van der Waals surface area contributed by atoms with Gasteiger partial charge in [0.25, 0.3) is 0 Å². The zero-order valence-electron chi connectivity index (χ0n) is 9.54. The molecule has 0 bridgehead atoms. The average Bonchev–Trinajstić information content (AvgIpc) is 2.20. The number of nitrogens with one attached hydrogen (secondary N) is 1. The molecule has 3 N–H and O–H groups in total. The number of rotatable bonds is 2. The van der Waals surface area contributed by atoms with E-state index < -0.39 is 11.6 Å². The van der Waals surface area contributed by atoms with E-state index in [9.17, 15) is 9.59 Å². The van der Waals surface area contributed by atoms with Crippen LogP contribution in [-0.2, 0) is 9.59 Å². The van der Waals surface area contributed by atoms with Crippen molar-refractivity contribution in [2.75, 3.05) is 13.1 Å². The Balaban J connectivity index is 2.84. The molecule has 0 aromatic heterocycles. The van der Waals surface area contributed by atoms with E-state index in [1.54, 1.807) is 18.7 Å². The molecule has 0 aromatic carbocycles. The van der Waals surface area contributed by atoms with Crippen molar-refractivity contribution in [3.63, 3.8) is 0 Å². The lowest BCUT2D eigenvalue weighted by Crippen LogP contribution is -2.65. The molecule has 0 aromatic rings. The summed E-state index contributed by atoms with van der Waals surface area (Å²) in [6, 6.07) is -0.504. The third kappa shape index (κ3) is 2.12. The van der Waals surface area contributed by atoms with Gasteiger partial charge in [0, 0.05) is 13.1 Å². The zero-order chi connectivity index (χ0) is 11.6. The molecule has 5 heteroatoms. The van der Waals surface area contributed by atoms with Crippen LogP contribution in [0.1, 0.15) is 27.2 Å². The highest BCUT2D eigenvalue weighted by molar-refractivity contribution is 5.93. The van der Waals surface area contributed by atoms with E-state index in [2.05, 4.69) is 5.32 Å². The van der Waals surface area contributed by atoms with Gasteiger partial charge in [-0.2, -0.15) is 0 Å². The Morgan fingerprint density at radius 2 is 2.27 bits per heavy atom. The van der Waals surface area contributed by atoms with E-state index in [0.717, 1.165) is 0 Å². The summed E-state index contributed by atoms with van der Waals surface area (Å²) < 4.78 is 0. The van der Waals surface area contributed by atoms with Gasteiger partial charge < -0.3 is 16.0 Å². The van der Waals surface area contributed by atoms with E-state index in [1.165, 1.54) is 0 Å². The molecule has 0 unspecified atom stereocenters. The van der Waals surface area contributed by atoms with Crippen molar-refractivity contribution in [1.82, 2.24) is 10.2 Å². The number of piperazine rings is 1. The highest BCUT2D eigenvalue weighted by Crippen LogP contribution is 2.18. The lowest BCUT2D eigenvalue weighted by molar-refractivity contribution is -0.150. The Morgan fingerprint density at radius 1 is 1.67 bits per heavy atom. The first kappa shape index (κ1) is 12.0. The van der Waals surface area contributed by atoms with Crippen LogP contribution in [-0.4, -0.2) is 41.4 Å². The molecule has 1 saturated heterocycles. The lowest BCUT2D eigenvalue weighted by atomic mass is 9.97. The van der Waals surface area contributed by atoms with Crippen LogP contribution in [0.4, 0.5) is 0 Å². The van der Waals surface area contributed by atoms with Crippen LogP contribution in [0.3, 0.4) is 0 Å². The van der Waals surface area contributed by atoms with Gasteiger partial charge in [-0.1, -0.05) is 6.92 Å². The molecular formula is C10H19N3O2. The van der Waals surface area contributed by atoms with Crippen LogP contribution in [0.25, 0.3) is 0 Å². The Labute approximate surface area is 90.0 Å². The maximum atomic E-state index is 11.9. The number of hydrogen-bond acceptors (Lipinski definition) is 3. The smallest absolute Gasteiger partial charge is 0.245 e. The lowest BCUT2D eigenvalue weighted by Gasteiger charge is -2.42. The Bertz CT molecular complexity index is 276. The van der Waals surface area contributed by atoms with Crippen molar-refractivity contribution in [3.8, 4) is 0 Å². The molecule has 1 aliphatic rings. The Hall–Kier alpha value is -1.10. The molecule has 5 nitrogen and oxygen atoms in total. The van der Waals surface area contributed by atoms with Crippen molar-refractivity contribution in [2.45, 2.75) is 38.8 Å². The van der Waals surface area contributed by atoms with Crippen molar-refractivity contribution in [1.29, 1.82) is 0 Å². The van der Waals surface area contributed by atoms with Gasteiger partial charge in [-0.3, -0.25) is 9.59 Å². The molecular weight excluding hydrogens is 194 g/mol. The minimum absolute atomic E-state index is 0.120. The summed E-state index contributed by atoms with van der Waals surface area (Å²) in [7, 11) is 0. The molecule has 1 heterocycles. The molecule has 0 spiro atoms. The summed E-state index contributed by atoms with van der Waals surface area (Å²) in [5, 5.41) is 2.74. The fourth-order valence-electron chi connectivity index (χ4n) is 1.66. The molecule has 1 aliphatic heterocycles. The molecule has 15 heavy (non-hydrogen) atoms. The van der Waals surface area contributed by atoms with Gasteiger partial charge >= 0.3 is 0 Å². The normalized spacial score (nSPS) is 22.1. The highest BCUT2D eigenvalue weighted by atomic mass is 16.2. The molecule has 2 amide bonds. The van der Waals surface area contributed by atoms with Gasteiger partial charge in [-0.05, 0) is 20.3 Å². The standard InChI is InChI=1S/C10H19N3O2/c1-4-7(11)8(14)13-6-5-12-9(15)10(13,2)3/h7H,4-6,11H2,1-3H3,(H,12,15)/t7-/m0/s1. The van der Waals surface area contributed by atoms with E-state index in [0.29, 0.717) is 19.5 Å². The summed E-state index contributed by atoms with van der Waals surface area (Å²) in [5.74, 6) is -0.261. The molecule has 0 radical (unpaired) electrons. The number of nitrogens with two attached hydrogens (primary N) is 1. The number of carbonyl (C=O) groups is 2. The monoisotopic (exact) mass is 213 g/mol. The molecule has 1 atom stereocenters. The predicted molar refractivity (Wildman–Crippen MR) is 57.1 cm³/mol. The number of hydrogen-bond donors (Lipinski definition) is 2. The maximum Gasteiger partial charge on any atom is 0.245 e. The Morgan fingerprint density at radius 3 is 2.80 bits per heavy atom. The SMILES string of the molecule is CC[C@H](N)C(=O)N1CCNC(=O)C1(C)C. The number of nitrogens with zero attached hydrogens (tertiary/aromatic N) is 1. The van der Waals surface area contributed by atoms with E-state index in [-0.39, 0.29) is 11.8 Å². The largest absolute Gasteiger partial charge is 0.352 e. The van der Waals surface area contributed by atoms with Crippen LogP contribution in [0.15, 0.2) is 0 Å². The third-order valence-corrected chi connectivity index (χ3v) is 2.87. The number of carbonyl (C=O) groups excluding carboxylic acids is 2.